The van der Waals surface area contributed by atoms with Crippen molar-refractivity contribution in [3.05, 3.63) is 41.7 Å². The standard InChI is InChI=1S/C16H19N3O2/c1-16(2,3)15-10-13(11-17)19(18-15)12-5-4-6-14(9-12)21-8-7-20/h4-6,9-10,20H,7-8H2,1-3H3. The van der Waals surface area contributed by atoms with Crippen molar-refractivity contribution in [2.45, 2.75) is 26.2 Å². The molecule has 0 saturated heterocycles. The molecule has 0 atom stereocenters. The monoisotopic (exact) mass is 285 g/mol. The number of aliphatic hydroxyl groups excluding tert-OH is 1. The summed E-state index contributed by atoms with van der Waals surface area (Å²) in [5.74, 6) is 0.637. The van der Waals surface area contributed by atoms with Crippen molar-refractivity contribution in [2.24, 2.45) is 0 Å². The van der Waals surface area contributed by atoms with Crippen LogP contribution >= 0.6 is 0 Å². The van der Waals surface area contributed by atoms with Crippen LogP contribution < -0.4 is 4.74 Å². The highest BCUT2D eigenvalue weighted by atomic mass is 16.5. The van der Waals surface area contributed by atoms with Crippen LogP contribution in [0, 0.1) is 11.3 Å². The molecule has 0 fully saturated rings. The fourth-order valence-corrected chi connectivity index (χ4v) is 1.89. The lowest BCUT2D eigenvalue weighted by atomic mass is 9.92. The summed E-state index contributed by atoms with van der Waals surface area (Å²) in [7, 11) is 0. The van der Waals surface area contributed by atoms with Crippen LogP contribution in [-0.4, -0.2) is 28.1 Å². The van der Waals surface area contributed by atoms with Gasteiger partial charge in [0.05, 0.1) is 18.0 Å². The van der Waals surface area contributed by atoms with E-state index in [2.05, 4.69) is 31.9 Å². The molecule has 0 unspecified atom stereocenters. The van der Waals surface area contributed by atoms with E-state index in [4.69, 9.17) is 9.84 Å². The first-order chi connectivity index (χ1) is 9.95. The van der Waals surface area contributed by atoms with E-state index in [0.717, 1.165) is 11.4 Å². The smallest absolute Gasteiger partial charge is 0.144 e. The third-order valence-electron chi connectivity index (χ3n) is 3.01. The second kappa shape index (κ2) is 5.98. The Morgan fingerprint density at radius 3 is 2.71 bits per heavy atom. The predicted octanol–water partition coefficient (Wildman–Crippen LogP) is 2.41. The Labute approximate surface area is 124 Å². The lowest BCUT2D eigenvalue weighted by Crippen LogP contribution is -2.12. The van der Waals surface area contributed by atoms with Gasteiger partial charge >= 0.3 is 0 Å². The van der Waals surface area contributed by atoms with E-state index in [9.17, 15) is 5.26 Å². The lowest BCUT2D eigenvalue weighted by molar-refractivity contribution is 0.201. The number of nitrogens with zero attached hydrogens (tertiary/aromatic N) is 3. The van der Waals surface area contributed by atoms with Gasteiger partial charge in [-0.05, 0) is 18.2 Å². The van der Waals surface area contributed by atoms with E-state index in [0.29, 0.717) is 11.4 Å². The van der Waals surface area contributed by atoms with Crippen LogP contribution in [0.2, 0.25) is 0 Å². The zero-order valence-electron chi connectivity index (χ0n) is 12.5. The van der Waals surface area contributed by atoms with E-state index in [-0.39, 0.29) is 18.6 Å². The molecule has 5 heteroatoms. The maximum Gasteiger partial charge on any atom is 0.144 e. The van der Waals surface area contributed by atoms with Crippen LogP contribution in [0.3, 0.4) is 0 Å². The molecule has 0 amide bonds. The first-order valence-electron chi connectivity index (χ1n) is 6.80. The Balaban J connectivity index is 2.42. The van der Waals surface area contributed by atoms with E-state index in [1.807, 2.05) is 12.1 Å². The highest BCUT2D eigenvalue weighted by Gasteiger charge is 2.20. The average molecular weight is 285 g/mol. The van der Waals surface area contributed by atoms with Gasteiger partial charge < -0.3 is 9.84 Å². The highest BCUT2D eigenvalue weighted by Crippen LogP contribution is 2.24. The molecule has 0 aliphatic carbocycles. The largest absolute Gasteiger partial charge is 0.491 e. The van der Waals surface area contributed by atoms with Gasteiger partial charge in [-0.25, -0.2) is 4.68 Å². The van der Waals surface area contributed by atoms with Gasteiger partial charge in [0, 0.05) is 11.5 Å². The molecule has 1 aromatic heterocycles. The summed E-state index contributed by atoms with van der Waals surface area (Å²) in [6.45, 7) is 6.37. The Hall–Kier alpha value is -2.32. The molecular weight excluding hydrogens is 266 g/mol. The summed E-state index contributed by atoms with van der Waals surface area (Å²) in [6, 6.07) is 11.3. The molecule has 0 saturated carbocycles. The van der Waals surface area contributed by atoms with Gasteiger partial charge in [0.2, 0.25) is 0 Å². The predicted molar refractivity (Wildman–Crippen MR) is 79.6 cm³/mol. The van der Waals surface area contributed by atoms with Gasteiger partial charge in [-0.1, -0.05) is 26.8 Å². The number of hydrogen-bond acceptors (Lipinski definition) is 4. The van der Waals surface area contributed by atoms with Gasteiger partial charge in [-0.15, -0.1) is 0 Å². The fraction of sp³-hybridized carbons (Fsp3) is 0.375. The molecule has 21 heavy (non-hydrogen) atoms. The second-order valence-electron chi connectivity index (χ2n) is 5.76. The normalized spacial score (nSPS) is 11.2. The molecular formula is C16H19N3O2. The van der Waals surface area contributed by atoms with Gasteiger partial charge in [0.15, 0.2) is 0 Å². The van der Waals surface area contributed by atoms with Crippen LogP contribution in [0.1, 0.15) is 32.2 Å². The molecule has 0 aliphatic rings. The minimum absolute atomic E-state index is 0.0381. The molecule has 0 bridgehead atoms. The van der Waals surface area contributed by atoms with Gasteiger partial charge in [-0.3, -0.25) is 0 Å². The van der Waals surface area contributed by atoms with Crippen LogP contribution in [0.5, 0.6) is 5.75 Å². The first kappa shape index (κ1) is 15.1. The number of hydrogen-bond donors (Lipinski definition) is 1. The number of nitriles is 1. The quantitative estimate of drug-likeness (QED) is 0.936. The van der Waals surface area contributed by atoms with Crippen molar-refractivity contribution in [1.29, 1.82) is 5.26 Å². The number of aromatic nitrogens is 2. The average Bonchev–Trinajstić information content (AvgIpc) is 2.89. The fourth-order valence-electron chi connectivity index (χ4n) is 1.89. The first-order valence-corrected chi connectivity index (χ1v) is 6.80. The minimum Gasteiger partial charge on any atom is -0.491 e. The molecule has 1 heterocycles. The maximum absolute atomic E-state index is 9.29. The van der Waals surface area contributed by atoms with Crippen molar-refractivity contribution in [3.8, 4) is 17.5 Å². The summed E-state index contributed by atoms with van der Waals surface area (Å²) >= 11 is 0. The molecule has 0 aliphatic heterocycles. The Kier molecular flexibility index (Phi) is 4.29. The Bertz CT molecular complexity index is 663. The van der Waals surface area contributed by atoms with E-state index in [1.54, 1.807) is 22.9 Å². The third-order valence-corrected chi connectivity index (χ3v) is 3.01. The topological polar surface area (TPSA) is 71.1 Å². The molecule has 0 radical (unpaired) electrons. The molecule has 1 N–H and O–H groups in total. The summed E-state index contributed by atoms with van der Waals surface area (Å²) in [6.07, 6.45) is 0. The molecule has 110 valence electrons. The molecule has 0 spiro atoms. The lowest BCUT2D eigenvalue weighted by Gasteiger charge is -2.14. The minimum atomic E-state index is -0.123. The number of benzene rings is 1. The van der Waals surface area contributed by atoms with Crippen LogP contribution in [-0.2, 0) is 5.41 Å². The SMILES string of the molecule is CC(C)(C)c1cc(C#N)n(-c2cccc(OCCO)c2)n1. The van der Waals surface area contributed by atoms with Gasteiger partial charge in [0.1, 0.15) is 24.1 Å². The Morgan fingerprint density at radius 2 is 2.10 bits per heavy atom. The maximum atomic E-state index is 9.29. The molecule has 1 aromatic carbocycles. The summed E-state index contributed by atoms with van der Waals surface area (Å²) < 4.78 is 7.01. The number of rotatable bonds is 4. The van der Waals surface area contributed by atoms with Gasteiger partial charge in [0.25, 0.3) is 0 Å². The van der Waals surface area contributed by atoms with Crippen molar-refractivity contribution < 1.29 is 9.84 Å². The van der Waals surface area contributed by atoms with Crippen LogP contribution in [0.25, 0.3) is 5.69 Å². The molecule has 2 rings (SSSR count). The van der Waals surface area contributed by atoms with E-state index < -0.39 is 0 Å². The summed E-state index contributed by atoms with van der Waals surface area (Å²) in [5.41, 5.74) is 1.99. The van der Waals surface area contributed by atoms with Crippen molar-refractivity contribution >= 4 is 0 Å². The zero-order valence-corrected chi connectivity index (χ0v) is 12.5. The zero-order chi connectivity index (χ0) is 15.5. The summed E-state index contributed by atoms with van der Waals surface area (Å²) in [5, 5.41) is 22.6. The Morgan fingerprint density at radius 1 is 1.33 bits per heavy atom. The summed E-state index contributed by atoms with van der Waals surface area (Å²) in [4.78, 5) is 0. The van der Waals surface area contributed by atoms with Gasteiger partial charge in [-0.2, -0.15) is 10.4 Å². The van der Waals surface area contributed by atoms with Crippen molar-refractivity contribution in [2.75, 3.05) is 13.2 Å². The van der Waals surface area contributed by atoms with E-state index in [1.165, 1.54) is 0 Å². The van der Waals surface area contributed by atoms with Crippen molar-refractivity contribution in [1.82, 2.24) is 9.78 Å². The number of aliphatic hydroxyl groups is 1. The highest BCUT2D eigenvalue weighted by molar-refractivity contribution is 5.43. The van der Waals surface area contributed by atoms with E-state index >= 15 is 0 Å². The second-order valence-corrected chi connectivity index (χ2v) is 5.76. The molecule has 2 aromatic rings. The van der Waals surface area contributed by atoms with Crippen LogP contribution in [0.4, 0.5) is 0 Å². The van der Waals surface area contributed by atoms with Crippen LogP contribution in [0.15, 0.2) is 30.3 Å². The molecule has 5 nitrogen and oxygen atoms in total. The van der Waals surface area contributed by atoms with Crippen molar-refractivity contribution in [3.63, 3.8) is 0 Å². The third kappa shape index (κ3) is 3.41. The number of ether oxygens (including phenoxy) is 1.